The van der Waals surface area contributed by atoms with Gasteiger partial charge in [0.2, 0.25) is 0 Å². The molecule has 0 unspecified atom stereocenters. The lowest BCUT2D eigenvalue weighted by molar-refractivity contribution is -0.139. The maximum absolute atomic E-state index is 10.7. The Labute approximate surface area is 89.1 Å². The molecule has 0 saturated carbocycles. The van der Waals surface area contributed by atoms with Gasteiger partial charge in [0.25, 0.3) is 0 Å². The third-order valence-electron chi connectivity index (χ3n) is 1.51. The van der Waals surface area contributed by atoms with Crippen molar-refractivity contribution in [1.82, 2.24) is 5.32 Å². The fourth-order valence-corrected chi connectivity index (χ4v) is 1.01. The third kappa shape index (κ3) is 4.72. The summed E-state index contributed by atoms with van der Waals surface area (Å²) in [7, 11) is 3.09. The lowest BCUT2D eigenvalue weighted by Gasteiger charge is -2.00. The van der Waals surface area contributed by atoms with E-state index in [2.05, 4.69) is 16.6 Å². The average molecular weight is 216 g/mol. The molecule has 0 rings (SSSR count). The number of likely N-dealkylation sites (N-methyl/N-ethyl adjacent to an activating group) is 1. The topological polar surface area (TPSA) is 38.3 Å². The Hall–Kier alpha value is -1.22. The number of esters is 1. The summed E-state index contributed by atoms with van der Waals surface area (Å²) in [5.74, 6) is -0.296. The molecular weight excluding hydrogens is 202 g/mol. The van der Waals surface area contributed by atoms with Crippen LogP contribution in [-0.2, 0) is 9.53 Å². The quantitative estimate of drug-likeness (QED) is 0.563. The monoisotopic (exact) mass is 215 g/mol. The molecule has 0 aliphatic rings. The molecule has 0 aromatic heterocycles. The van der Waals surface area contributed by atoms with Crippen LogP contribution in [0.1, 0.15) is 6.42 Å². The number of ether oxygens (including phenoxy) is 1. The summed E-state index contributed by atoms with van der Waals surface area (Å²) in [5.41, 5.74) is 0.716. The molecule has 0 radical (unpaired) electrons. The molecule has 0 amide bonds. The van der Waals surface area contributed by atoms with Crippen LogP contribution < -0.4 is 5.32 Å². The average Bonchev–Trinajstić information content (AvgIpc) is 2.19. The number of nitrogens with one attached hydrogen (secondary N) is 1. The van der Waals surface area contributed by atoms with Gasteiger partial charge in [0, 0.05) is 7.05 Å². The summed E-state index contributed by atoms with van der Waals surface area (Å²) in [5, 5.41) is 3.37. The maximum atomic E-state index is 10.7. The highest BCUT2D eigenvalue weighted by atomic mass is 35.5. The number of methoxy groups -OCH3 is 1. The van der Waals surface area contributed by atoms with E-state index in [0.717, 1.165) is 0 Å². The molecule has 1 N–H and O–H groups in total. The molecule has 0 spiro atoms. The Bertz CT molecular complexity index is 269. The number of hydrogen-bond acceptors (Lipinski definition) is 3. The fourth-order valence-electron chi connectivity index (χ4n) is 0.751. The van der Waals surface area contributed by atoms with Gasteiger partial charge in [-0.1, -0.05) is 24.3 Å². The van der Waals surface area contributed by atoms with E-state index < -0.39 is 0 Å². The summed E-state index contributed by atoms with van der Waals surface area (Å²) in [4.78, 5) is 10.7. The van der Waals surface area contributed by atoms with Crippen LogP contribution in [0.15, 0.2) is 35.5 Å². The molecule has 0 saturated heterocycles. The summed E-state index contributed by atoms with van der Waals surface area (Å²) < 4.78 is 4.46. The van der Waals surface area contributed by atoms with Crippen LogP contribution in [0.2, 0.25) is 0 Å². The highest BCUT2D eigenvalue weighted by molar-refractivity contribution is 6.31. The minimum absolute atomic E-state index is 0.209. The second-order valence-corrected chi connectivity index (χ2v) is 2.81. The van der Waals surface area contributed by atoms with E-state index in [9.17, 15) is 4.79 Å². The van der Waals surface area contributed by atoms with Crippen LogP contribution in [0.4, 0.5) is 0 Å². The molecule has 0 atom stereocenters. The number of allylic oxidation sites excluding steroid dienone is 3. The van der Waals surface area contributed by atoms with Crippen molar-refractivity contribution < 1.29 is 9.53 Å². The zero-order chi connectivity index (χ0) is 11.0. The highest BCUT2D eigenvalue weighted by Crippen LogP contribution is 2.09. The van der Waals surface area contributed by atoms with E-state index in [1.54, 1.807) is 25.3 Å². The summed E-state index contributed by atoms with van der Waals surface area (Å²) >= 11 is 5.88. The van der Waals surface area contributed by atoms with E-state index in [0.29, 0.717) is 10.7 Å². The smallest absolute Gasteiger partial charge is 0.309 e. The minimum atomic E-state index is -0.296. The van der Waals surface area contributed by atoms with Crippen molar-refractivity contribution in [3.05, 3.63) is 35.5 Å². The van der Waals surface area contributed by atoms with Crippen molar-refractivity contribution in [3.8, 4) is 0 Å². The van der Waals surface area contributed by atoms with Crippen molar-refractivity contribution in [3.63, 3.8) is 0 Å². The molecule has 0 heterocycles. The molecule has 14 heavy (non-hydrogen) atoms. The van der Waals surface area contributed by atoms with E-state index >= 15 is 0 Å². The zero-order valence-electron chi connectivity index (χ0n) is 8.34. The molecule has 0 aromatic carbocycles. The molecular formula is C10H14ClNO2. The highest BCUT2D eigenvalue weighted by Gasteiger charge is 1.96. The van der Waals surface area contributed by atoms with Gasteiger partial charge < -0.3 is 10.1 Å². The summed E-state index contributed by atoms with van der Waals surface area (Å²) in [6, 6.07) is 0. The van der Waals surface area contributed by atoms with Crippen LogP contribution in [-0.4, -0.2) is 20.1 Å². The second kappa shape index (κ2) is 7.21. The number of halogens is 1. The maximum Gasteiger partial charge on any atom is 0.309 e. The molecule has 0 aliphatic carbocycles. The van der Waals surface area contributed by atoms with Crippen LogP contribution in [0.3, 0.4) is 0 Å². The molecule has 78 valence electrons. The molecule has 0 aromatic rings. The number of carbonyl (C=O) groups is 1. The molecule has 0 fully saturated rings. The van der Waals surface area contributed by atoms with Crippen LogP contribution in [0.5, 0.6) is 0 Å². The molecule has 3 nitrogen and oxygen atoms in total. The Balaban J connectivity index is 4.29. The Morgan fingerprint density at radius 2 is 2.29 bits per heavy atom. The number of rotatable bonds is 5. The van der Waals surface area contributed by atoms with Gasteiger partial charge in [-0.05, 0) is 12.2 Å². The SMILES string of the molecule is C=C/C(NC)=C(Cl)\C=C/CC(=O)OC. The molecule has 4 heteroatoms. The lowest BCUT2D eigenvalue weighted by Crippen LogP contribution is -2.04. The van der Waals surface area contributed by atoms with Gasteiger partial charge in [0.05, 0.1) is 24.3 Å². The van der Waals surface area contributed by atoms with Crippen molar-refractivity contribution in [1.29, 1.82) is 0 Å². The van der Waals surface area contributed by atoms with Crippen LogP contribution >= 0.6 is 11.6 Å². The fraction of sp³-hybridized carbons (Fsp3) is 0.300. The number of hydrogen-bond donors (Lipinski definition) is 1. The molecule has 0 aliphatic heterocycles. The van der Waals surface area contributed by atoms with Gasteiger partial charge in [-0.2, -0.15) is 0 Å². The number of carbonyl (C=O) groups excluding carboxylic acids is 1. The largest absolute Gasteiger partial charge is 0.469 e. The zero-order valence-corrected chi connectivity index (χ0v) is 9.10. The Morgan fingerprint density at radius 1 is 1.64 bits per heavy atom. The van der Waals surface area contributed by atoms with E-state index in [-0.39, 0.29) is 12.4 Å². The first-order valence-electron chi connectivity index (χ1n) is 4.09. The first-order chi connectivity index (χ1) is 6.65. The first-order valence-corrected chi connectivity index (χ1v) is 4.46. The van der Waals surface area contributed by atoms with E-state index in [1.165, 1.54) is 7.11 Å². The Kier molecular flexibility index (Phi) is 6.58. The first kappa shape index (κ1) is 12.8. The van der Waals surface area contributed by atoms with Crippen molar-refractivity contribution in [2.24, 2.45) is 0 Å². The summed E-state index contributed by atoms with van der Waals surface area (Å²) in [6.45, 7) is 3.58. The lowest BCUT2D eigenvalue weighted by atomic mass is 10.3. The van der Waals surface area contributed by atoms with Crippen LogP contribution in [0, 0.1) is 0 Å². The predicted molar refractivity (Wildman–Crippen MR) is 57.9 cm³/mol. The predicted octanol–water partition coefficient (Wildman–Crippen LogP) is 1.96. The van der Waals surface area contributed by atoms with Gasteiger partial charge in [-0.15, -0.1) is 0 Å². The van der Waals surface area contributed by atoms with Gasteiger partial charge >= 0.3 is 5.97 Å². The van der Waals surface area contributed by atoms with Crippen molar-refractivity contribution >= 4 is 17.6 Å². The third-order valence-corrected chi connectivity index (χ3v) is 1.84. The van der Waals surface area contributed by atoms with Crippen molar-refractivity contribution in [2.45, 2.75) is 6.42 Å². The van der Waals surface area contributed by atoms with Crippen LogP contribution in [0.25, 0.3) is 0 Å². The summed E-state index contributed by atoms with van der Waals surface area (Å²) in [6.07, 6.45) is 5.08. The Morgan fingerprint density at radius 3 is 2.71 bits per heavy atom. The van der Waals surface area contributed by atoms with Gasteiger partial charge in [0.15, 0.2) is 0 Å². The molecule has 0 bridgehead atoms. The van der Waals surface area contributed by atoms with E-state index in [1.807, 2.05) is 0 Å². The van der Waals surface area contributed by atoms with Gasteiger partial charge in [-0.3, -0.25) is 4.79 Å². The normalized spacial score (nSPS) is 12.2. The minimum Gasteiger partial charge on any atom is -0.469 e. The van der Waals surface area contributed by atoms with Gasteiger partial charge in [0.1, 0.15) is 0 Å². The standard InChI is InChI=1S/C10H14ClNO2/c1-4-9(12-2)8(11)6-5-7-10(13)14-3/h4-6,12H,1,7H2,2-3H3/b6-5-,9-8-. The second-order valence-electron chi connectivity index (χ2n) is 2.40. The van der Waals surface area contributed by atoms with Gasteiger partial charge in [-0.25, -0.2) is 0 Å². The van der Waals surface area contributed by atoms with Crippen molar-refractivity contribution in [2.75, 3.05) is 14.2 Å². The van der Waals surface area contributed by atoms with E-state index in [4.69, 9.17) is 11.6 Å².